The number of hydrogen-bond acceptors (Lipinski definition) is 4. The Morgan fingerprint density at radius 3 is 1.21 bits per heavy atom. The highest BCUT2D eigenvalue weighted by Crippen LogP contribution is 2.45. The van der Waals surface area contributed by atoms with Crippen molar-refractivity contribution in [1.82, 2.24) is 0 Å². The van der Waals surface area contributed by atoms with E-state index >= 15 is 0 Å². The number of aromatic carboxylic acids is 2. The second-order valence-corrected chi connectivity index (χ2v) is 10.2. The van der Waals surface area contributed by atoms with Crippen LogP contribution in [0.4, 0.5) is 0 Å². The van der Waals surface area contributed by atoms with Crippen LogP contribution in [0.1, 0.15) is 20.7 Å². The number of hydrogen-bond donors (Lipinski definition) is 2. The van der Waals surface area contributed by atoms with Gasteiger partial charge in [-0.2, -0.15) is 0 Å². The molecule has 4 nitrogen and oxygen atoms in total. The van der Waals surface area contributed by atoms with E-state index in [0.29, 0.717) is 0 Å². The van der Waals surface area contributed by atoms with E-state index in [1.807, 2.05) is 24.3 Å². The van der Waals surface area contributed by atoms with Crippen molar-refractivity contribution in [2.45, 2.75) is 0 Å². The predicted octanol–water partition coefficient (Wildman–Crippen LogP) is 8.00. The molecule has 2 aromatic heterocycles. The molecule has 0 bridgehead atoms. The maximum absolute atomic E-state index is 11.1. The van der Waals surface area contributed by atoms with Crippen molar-refractivity contribution in [3.05, 3.63) is 96.1 Å². The summed E-state index contributed by atoms with van der Waals surface area (Å²) in [6, 6.07) is 26.7. The highest BCUT2D eigenvalue weighted by atomic mass is 32.1. The number of carbonyl (C=O) groups is 2. The SMILES string of the molecule is O=C(O)c1ccc(-c2ccc3c(c2)sc2c4ccc(-c5ccc(C(=O)O)cc5)cc4sc32)cc1. The van der Waals surface area contributed by atoms with Crippen LogP contribution < -0.4 is 0 Å². The Hall–Kier alpha value is -4.00. The number of carboxylic acids is 2. The second kappa shape index (κ2) is 7.80. The first kappa shape index (κ1) is 20.6. The minimum Gasteiger partial charge on any atom is -0.478 e. The fourth-order valence-corrected chi connectivity index (χ4v) is 6.96. The molecule has 6 rings (SSSR count). The summed E-state index contributed by atoms with van der Waals surface area (Å²) in [4.78, 5) is 22.2. The quantitative estimate of drug-likeness (QED) is 0.268. The molecule has 2 N–H and O–H groups in total. The van der Waals surface area contributed by atoms with E-state index in [4.69, 9.17) is 10.2 Å². The molecule has 4 aromatic carbocycles. The van der Waals surface area contributed by atoms with Gasteiger partial charge in [0, 0.05) is 20.2 Å². The van der Waals surface area contributed by atoms with Crippen LogP contribution in [0.2, 0.25) is 0 Å². The summed E-state index contributed by atoms with van der Waals surface area (Å²) in [5.41, 5.74) is 4.68. The lowest BCUT2D eigenvalue weighted by atomic mass is 10.0. The van der Waals surface area contributed by atoms with Gasteiger partial charge in [0.1, 0.15) is 0 Å². The normalized spacial score (nSPS) is 11.4. The Labute approximate surface area is 202 Å². The van der Waals surface area contributed by atoms with Gasteiger partial charge in [-0.3, -0.25) is 0 Å². The summed E-state index contributed by atoms with van der Waals surface area (Å²) in [5, 5.41) is 20.7. The highest BCUT2D eigenvalue weighted by Gasteiger charge is 2.14. The van der Waals surface area contributed by atoms with Gasteiger partial charge in [0.05, 0.1) is 20.5 Å². The van der Waals surface area contributed by atoms with Gasteiger partial charge in [-0.15, -0.1) is 22.7 Å². The lowest BCUT2D eigenvalue weighted by Gasteiger charge is -2.03. The number of thiophene rings is 2. The molecule has 0 fully saturated rings. The molecule has 6 aromatic rings. The number of fused-ring (bicyclic) bond motifs is 5. The van der Waals surface area contributed by atoms with Gasteiger partial charge in [0.25, 0.3) is 0 Å². The molecule has 34 heavy (non-hydrogen) atoms. The number of rotatable bonds is 4. The number of benzene rings is 4. The first-order chi connectivity index (χ1) is 16.5. The lowest BCUT2D eigenvalue weighted by Crippen LogP contribution is -1.94. The van der Waals surface area contributed by atoms with Crippen molar-refractivity contribution >= 4 is 64.2 Å². The molecule has 0 radical (unpaired) electrons. The van der Waals surface area contributed by atoms with E-state index in [-0.39, 0.29) is 11.1 Å². The zero-order valence-corrected chi connectivity index (χ0v) is 19.2. The van der Waals surface area contributed by atoms with Crippen molar-refractivity contribution in [2.75, 3.05) is 0 Å². The van der Waals surface area contributed by atoms with E-state index < -0.39 is 11.9 Å². The molecule has 164 valence electrons. The average molecular weight is 481 g/mol. The third kappa shape index (κ3) is 3.36. The van der Waals surface area contributed by atoms with Crippen LogP contribution in [0, 0.1) is 0 Å². The van der Waals surface area contributed by atoms with Crippen LogP contribution in [0.25, 0.3) is 51.8 Å². The Kier molecular flexibility index (Phi) is 4.72. The van der Waals surface area contributed by atoms with Crippen molar-refractivity contribution in [3.63, 3.8) is 0 Å². The standard InChI is InChI=1S/C28H16O4S2/c29-27(30)17-5-1-15(2-6-17)19-9-11-21-23(13-19)33-26-22-12-10-20(14-24(22)34-25(21)26)16-3-7-18(8-4-16)28(31)32/h1-14H,(H,29,30)(H,31,32). The highest BCUT2D eigenvalue weighted by molar-refractivity contribution is 7.36. The van der Waals surface area contributed by atoms with Crippen LogP contribution in [-0.2, 0) is 0 Å². The van der Waals surface area contributed by atoms with E-state index in [1.54, 1.807) is 46.9 Å². The van der Waals surface area contributed by atoms with Gasteiger partial charge in [-0.05, 0) is 58.7 Å². The van der Waals surface area contributed by atoms with Crippen LogP contribution in [0.3, 0.4) is 0 Å². The smallest absolute Gasteiger partial charge is 0.335 e. The van der Waals surface area contributed by atoms with Crippen molar-refractivity contribution in [1.29, 1.82) is 0 Å². The van der Waals surface area contributed by atoms with Gasteiger partial charge < -0.3 is 10.2 Å². The fraction of sp³-hybridized carbons (Fsp3) is 0. The first-order valence-corrected chi connectivity index (χ1v) is 12.2. The summed E-state index contributed by atoms with van der Waals surface area (Å²) < 4.78 is 4.94. The molecule has 2 heterocycles. The summed E-state index contributed by atoms with van der Waals surface area (Å²) in [7, 11) is 0. The zero-order chi connectivity index (χ0) is 23.4. The molecule has 0 aliphatic carbocycles. The fourth-order valence-electron chi connectivity index (χ4n) is 4.23. The summed E-state index contributed by atoms with van der Waals surface area (Å²) >= 11 is 3.55. The molecule has 6 heteroatoms. The molecule has 0 atom stereocenters. The molecule has 0 saturated carbocycles. The molecular formula is C28H16O4S2. The molecule has 0 spiro atoms. The minimum absolute atomic E-state index is 0.283. The molecule has 0 saturated heterocycles. The average Bonchev–Trinajstić information content (AvgIpc) is 3.39. The van der Waals surface area contributed by atoms with Crippen LogP contribution in [0.15, 0.2) is 84.9 Å². The molecular weight excluding hydrogens is 464 g/mol. The Morgan fingerprint density at radius 2 is 0.853 bits per heavy atom. The monoisotopic (exact) mass is 480 g/mol. The van der Waals surface area contributed by atoms with Crippen molar-refractivity contribution < 1.29 is 19.8 Å². The van der Waals surface area contributed by atoms with Crippen LogP contribution in [-0.4, -0.2) is 22.2 Å². The third-order valence-corrected chi connectivity index (χ3v) is 8.51. The largest absolute Gasteiger partial charge is 0.478 e. The third-order valence-electron chi connectivity index (χ3n) is 6.01. The topological polar surface area (TPSA) is 74.6 Å². The van der Waals surface area contributed by atoms with Gasteiger partial charge in [-0.1, -0.05) is 48.5 Å². The maximum Gasteiger partial charge on any atom is 0.335 e. The van der Waals surface area contributed by atoms with E-state index in [2.05, 4.69) is 36.4 Å². The van der Waals surface area contributed by atoms with Gasteiger partial charge in [0.15, 0.2) is 0 Å². The first-order valence-electron chi connectivity index (χ1n) is 10.5. The summed E-state index contributed by atoms with van der Waals surface area (Å²) in [6.07, 6.45) is 0. The Balaban J connectivity index is 1.40. The lowest BCUT2D eigenvalue weighted by molar-refractivity contribution is 0.0686. The van der Waals surface area contributed by atoms with Gasteiger partial charge in [-0.25, -0.2) is 9.59 Å². The molecule has 0 amide bonds. The summed E-state index contributed by atoms with van der Waals surface area (Å²) in [5.74, 6) is -1.85. The summed E-state index contributed by atoms with van der Waals surface area (Å²) in [6.45, 7) is 0. The van der Waals surface area contributed by atoms with E-state index in [0.717, 1.165) is 22.3 Å². The van der Waals surface area contributed by atoms with E-state index in [9.17, 15) is 9.59 Å². The maximum atomic E-state index is 11.1. The molecule has 0 unspecified atom stereocenters. The van der Waals surface area contributed by atoms with E-state index in [1.165, 1.54) is 29.6 Å². The van der Waals surface area contributed by atoms with Gasteiger partial charge >= 0.3 is 11.9 Å². The minimum atomic E-state index is -0.923. The molecule has 0 aliphatic heterocycles. The predicted molar refractivity (Wildman–Crippen MR) is 140 cm³/mol. The zero-order valence-electron chi connectivity index (χ0n) is 17.6. The Bertz CT molecular complexity index is 1610. The molecule has 0 aliphatic rings. The Morgan fingerprint density at radius 1 is 0.500 bits per heavy atom. The van der Waals surface area contributed by atoms with Crippen molar-refractivity contribution in [3.8, 4) is 22.3 Å². The number of carboxylic acid groups (broad SMARTS) is 2. The second-order valence-electron chi connectivity index (χ2n) is 8.05. The van der Waals surface area contributed by atoms with Crippen LogP contribution >= 0.6 is 22.7 Å². The van der Waals surface area contributed by atoms with Crippen molar-refractivity contribution in [2.24, 2.45) is 0 Å². The van der Waals surface area contributed by atoms with Gasteiger partial charge in [0.2, 0.25) is 0 Å². The van der Waals surface area contributed by atoms with Crippen LogP contribution in [0.5, 0.6) is 0 Å².